The average molecular weight is 332 g/mol. The Bertz CT molecular complexity index is 551. The summed E-state index contributed by atoms with van der Waals surface area (Å²) in [6.07, 6.45) is 4.17. The van der Waals surface area contributed by atoms with Gasteiger partial charge in [-0.1, -0.05) is 6.42 Å². The monoisotopic (exact) mass is 332 g/mol. The maximum atomic E-state index is 11.7. The third-order valence-corrected chi connectivity index (χ3v) is 3.89. The number of carbonyl (C=O) groups excluding carboxylic acids is 1. The number of hydrogen-bond donors (Lipinski definition) is 3. The van der Waals surface area contributed by atoms with E-state index in [1.54, 1.807) is 0 Å². The molecule has 132 valence electrons. The van der Waals surface area contributed by atoms with Gasteiger partial charge in [0.15, 0.2) is 5.96 Å². The molecule has 24 heavy (non-hydrogen) atoms. The average Bonchev–Trinajstić information content (AvgIpc) is 2.46. The van der Waals surface area contributed by atoms with E-state index in [1.807, 2.05) is 38.1 Å². The molecule has 1 aromatic rings. The lowest BCUT2D eigenvalue weighted by molar-refractivity contribution is -0.127. The Hall–Kier alpha value is -2.24. The van der Waals surface area contributed by atoms with Crippen molar-refractivity contribution in [2.24, 2.45) is 16.6 Å². The first kappa shape index (κ1) is 18.1. The van der Waals surface area contributed by atoms with Gasteiger partial charge >= 0.3 is 0 Å². The van der Waals surface area contributed by atoms with Crippen LogP contribution < -0.4 is 21.1 Å². The van der Waals surface area contributed by atoms with Crippen molar-refractivity contribution in [1.82, 2.24) is 5.32 Å². The van der Waals surface area contributed by atoms with E-state index in [0.29, 0.717) is 19.0 Å². The molecular formula is C18H28N4O2. The highest BCUT2D eigenvalue weighted by Gasteiger charge is 2.24. The molecule has 1 amide bonds. The Morgan fingerprint density at radius 1 is 1.33 bits per heavy atom. The zero-order valence-corrected chi connectivity index (χ0v) is 14.5. The smallest absolute Gasteiger partial charge is 0.223 e. The Balaban J connectivity index is 1.64. The van der Waals surface area contributed by atoms with Crippen LogP contribution in [0.3, 0.4) is 0 Å². The van der Waals surface area contributed by atoms with Crippen LogP contribution in [0.5, 0.6) is 5.75 Å². The van der Waals surface area contributed by atoms with Crippen molar-refractivity contribution in [1.29, 1.82) is 0 Å². The Morgan fingerprint density at radius 2 is 2.04 bits per heavy atom. The van der Waals surface area contributed by atoms with E-state index in [0.717, 1.165) is 30.7 Å². The number of anilines is 1. The third kappa shape index (κ3) is 6.10. The number of ether oxygens (including phenoxy) is 1. The molecule has 0 heterocycles. The normalized spacial score (nSPS) is 15.0. The zero-order chi connectivity index (χ0) is 17.4. The number of nitrogens with two attached hydrogens (primary N) is 1. The van der Waals surface area contributed by atoms with Gasteiger partial charge in [-0.15, -0.1) is 0 Å². The van der Waals surface area contributed by atoms with Gasteiger partial charge in [0.25, 0.3) is 0 Å². The molecule has 0 atom stereocenters. The van der Waals surface area contributed by atoms with Crippen molar-refractivity contribution in [2.75, 3.05) is 18.4 Å². The summed E-state index contributed by atoms with van der Waals surface area (Å²) < 4.78 is 5.59. The summed E-state index contributed by atoms with van der Waals surface area (Å²) in [5, 5.41) is 5.99. The van der Waals surface area contributed by atoms with Crippen LogP contribution in [0.1, 0.15) is 39.5 Å². The standard InChI is InChI=1S/C18H28N4O2/c1-13(2)24-16-9-7-15(8-10-16)22-18(19)21-12-4-11-20-17(23)14-5-3-6-14/h7-10,13-14H,3-6,11-12H2,1-2H3,(H,20,23)(H3,19,21,22). The molecule has 0 saturated heterocycles. The van der Waals surface area contributed by atoms with Crippen molar-refractivity contribution >= 4 is 17.6 Å². The lowest BCUT2D eigenvalue weighted by Gasteiger charge is -2.23. The van der Waals surface area contributed by atoms with Gasteiger partial charge in [-0.3, -0.25) is 9.79 Å². The van der Waals surface area contributed by atoms with E-state index in [4.69, 9.17) is 10.5 Å². The number of amides is 1. The predicted molar refractivity (Wildman–Crippen MR) is 97.3 cm³/mol. The first-order valence-electron chi connectivity index (χ1n) is 8.66. The summed E-state index contributed by atoms with van der Waals surface area (Å²) in [6.45, 7) is 5.21. The molecule has 0 aliphatic heterocycles. The number of nitrogens with zero attached hydrogens (tertiary/aromatic N) is 1. The summed E-state index contributed by atoms with van der Waals surface area (Å²) in [7, 11) is 0. The zero-order valence-electron chi connectivity index (χ0n) is 14.5. The Labute approximate surface area is 143 Å². The topological polar surface area (TPSA) is 88.7 Å². The van der Waals surface area contributed by atoms with Crippen molar-refractivity contribution in [3.63, 3.8) is 0 Å². The number of aliphatic imine (C=N–C) groups is 1. The minimum Gasteiger partial charge on any atom is -0.491 e. The van der Waals surface area contributed by atoms with Gasteiger partial charge in [0, 0.05) is 24.7 Å². The third-order valence-electron chi connectivity index (χ3n) is 3.89. The second-order valence-corrected chi connectivity index (χ2v) is 6.36. The van der Waals surface area contributed by atoms with Gasteiger partial charge in [0.05, 0.1) is 6.10 Å². The molecule has 2 rings (SSSR count). The molecule has 4 N–H and O–H groups in total. The molecule has 1 aliphatic carbocycles. The second kappa shape index (κ2) is 9.15. The minimum atomic E-state index is 0.153. The van der Waals surface area contributed by atoms with E-state index in [-0.39, 0.29) is 17.9 Å². The summed E-state index contributed by atoms with van der Waals surface area (Å²) in [6, 6.07) is 7.59. The first-order valence-corrected chi connectivity index (χ1v) is 8.66. The fourth-order valence-corrected chi connectivity index (χ4v) is 2.38. The number of carbonyl (C=O) groups is 1. The highest BCUT2D eigenvalue weighted by Crippen LogP contribution is 2.26. The minimum absolute atomic E-state index is 0.153. The summed E-state index contributed by atoms with van der Waals surface area (Å²) >= 11 is 0. The summed E-state index contributed by atoms with van der Waals surface area (Å²) in [4.78, 5) is 15.9. The fourth-order valence-electron chi connectivity index (χ4n) is 2.38. The Kier molecular flexibility index (Phi) is 6.90. The first-order chi connectivity index (χ1) is 11.5. The molecule has 0 unspecified atom stereocenters. The van der Waals surface area contributed by atoms with Crippen molar-refractivity contribution in [3.8, 4) is 5.75 Å². The quantitative estimate of drug-likeness (QED) is 0.388. The van der Waals surface area contributed by atoms with Gasteiger partial charge in [-0.2, -0.15) is 0 Å². The lowest BCUT2D eigenvalue weighted by Crippen LogP contribution is -2.35. The molecule has 1 aliphatic rings. The molecular weight excluding hydrogens is 304 g/mol. The molecule has 0 bridgehead atoms. The molecule has 6 nitrogen and oxygen atoms in total. The number of rotatable bonds is 8. The molecule has 1 saturated carbocycles. The van der Waals surface area contributed by atoms with Crippen LogP contribution in [0.2, 0.25) is 0 Å². The van der Waals surface area contributed by atoms with Crippen LogP contribution in [0, 0.1) is 5.92 Å². The molecule has 0 radical (unpaired) electrons. The second-order valence-electron chi connectivity index (χ2n) is 6.36. The highest BCUT2D eigenvalue weighted by molar-refractivity contribution is 5.92. The largest absolute Gasteiger partial charge is 0.491 e. The Morgan fingerprint density at radius 3 is 2.62 bits per heavy atom. The number of guanidine groups is 1. The van der Waals surface area contributed by atoms with Crippen LogP contribution in [0.4, 0.5) is 5.69 Å². The molecule has 0 aromatic heterocycles. The fraction of sp³-hybridized carbons (Fsp3) is 0.556. The maximum Gasteiger partial charge on any atom is 0.223 e. The number of nitrogens with one attached hydrogen (secondary N) is 2. The van der Waals surface area contributed by atoms with Gasteiger partial charge in [0.2, 0.25) is 5.91 Å². The van der Waals surface area contributed by atoms with Gasteiger partial charge < -0.3 is 21.1 Å². The highest BCUT2D eigenvalue weighted by atomic mass is 16.5. The van der Waals surface area contributed by atoms with Crippen LogP contribution in [0.25, 0.3) is 0 Å². The van der Waals surface area contributed by atoms with Gasteiger partial charge in [-0.25, -0.2) is 0 Å². The van der Waals surface area contributed by atoms with E-state index in [2.05, 4.69) is 15.6 Å². The van der Waals surface area contributed by atoms with Crippen molar-refractivity contribution in [2.45, 2.75) is 45.6 Å². The van der Waals surface area contributed by atoms with Crippen molar-refractivity contribution < 1.29 is 9.53 Å². The molecule has 0 spiro atoms. The molecule has 1 fully saturated rings. The van der Waals surface area contributed by atoms with E-state index in [9.17, 15) is 4.79 Å². The summed E-state index contributed by atoms with van der Waals surface area (Å²) in [5.41, 5.74) is 6.73. The predicted octanol–water partition coefficient (Wildman–Crippen LogP) is 2.51. The SMILES string of the molecule is CC(C)Oc1ccc(NC(N)=NCCCNC(=O)C2CCC2)cc1. The van der Waals surface area contributed by atoms with Crippen LogP contribution in [-0.4, -0.2) is 31.1 Å². The van der Waals surface area contributed by atoms with E-state index in [1.165, 1.54) is 6.42 Å². The number of hydrogen-bond acceptors (Lipinski definition) is 3. The van der Waals surface area contributed by atoms with Crippen LogP contribution >= 0.6 is 0 Å². The molecule has 6 heteroatoms. The molecule has 1 aromatic carbocycles. The summed E-state index contributed by atoms with van der Waals surface area (Å²) in [5.74, 6) is 1.62. The van der Waals surface area contributed by atoms with Gasteiger partial charge in [0.1, 0.15) is 5.75 Å². The van der Waals surface area contributed by atoms with E-state index >= 15 is 0 Å². The maximum absolute atomic E-state index is 11.7. The van der Waals surface area contributed by atoms with Crippen LogP contribution in [-0.2, 0) is 4.79 Å². The van der Waals surface area contributed by atoms with Crippen molar-refractivity contribution in [3.05, 3.63) is 24.3 Å². The number of benzene rings is 1. The van der Waals surface area contributed by atoms with E-state index < -0.39 is 0 Å². The van der Waals surface area contributed by atoms with Gasteiger partial charge in [-0.05, 0) is 57.4 Å². The van der Waals surface area contributed by atoms with Crippen LogP contribution in [0.15, 0.2) is 29.3 Å². The lowest BCUT2D eigenvalue weighted by atomic mass is 9.85.